The summed E-state index contributed by atoms with van der Waals surface area (Å²) in [6, 6.07) is 6.56. The number of anilines is 1. The molecule has 6 nitrogen and oxygen atoms in total. The van der Waals surface area contributed by atoms with Crippen molar-refractivity contribution >= 4 is 17.3 Å². The van der Waals surface area contributed by atoms with Crippen molar-refractivity contribution in [1.29, 1.82) is 0 Å². The Kier molecular flexibility index (Phi) is 6.33. The Balaban J connectivity index is 1.83. The molecule has 0 unspecified atom stereocenters. The van der Waals surface area contributed by atoms with Crippen LogP contribution in [0.3, 0.4) is 0 Å². The SMILES string of the molecule is O=C(CNC1CCCCCCC1)Nc1ccccc1[N+](=O)[O-]. The van der Waals surface area contributed by atoms with Crippen LogP contribution in [0.2, 0.25) is 0 Å². The Morgan fingerprint density at radius 2 is 1.77 bits per heavy atom. The average molecular weight is 305 g/mol. The minimum atomic E-state index is -0.488. The molecule has 0 aliphatic heterocycles. The van der Waals surface area contributed by atoms with E-state index < -0.39 is 4.92 Å². The second-order valence-electron chi connectivity index (χ2n) is 5.75. The van der Waals surface area contributed by atoms with Gasteiger partial charge in [0.05, 0.1) is 11.5 Å². The third-order valence-corrected chi connectivity index (χ3v) is 4.03. The van der Waals surface area contributed by atoms with Crippen molar-refractivity contribution in [3.05, 3.63) is 34.4 Å². The zero-order valence-electron chi connectivity index (χ0n) is 12.7. The predicted octanol–water partition coefficient (Wildman–Crippen LogP) is 3.24. The van der Waals surface area contributed by atoms with E-state index in [2.05, 4.69) is 10.6 Å². The van der Waals surface area contributed by atoms with Crippen LogP contribution >= 0.6 is 0 Å². The van der Waals surface area contributed by atoms with Gasteiger partial charge in [0.15, 0.2) is 0 Å². The molecule has 0 atom stereocenters. The zero-order valence-corrected chi connectivity index (χ0v) is 12.7. The Hall–Kier alpha value is -1.95. The van der Waals surface area contributed by atoms with Gasteiger partial charge < -0.3 is 10.6 Å². The number of hydrogen-bond acceptors (Lipinski definition) is 4. The summed E-state index contributed by atoms with van der Waals surface area (Å²) < 4.78 is 0. The molecular weight excluding hydrogens is 282 g/mol. The molecule has 1 aliphatic rings. The smallest absolute Gasteiger partial charge is 0.292 e. The first-order valence-corrected chi connectivity index (χ1v) is 7.93. The predicted molar refractivity (Wildman–Crippen MR) is 85.8 cm³/mol. The van der Waals surface area contributed by atoms with Crippen LogP contribution in [0.1, 0.15) is 44.9 Å². The number of amides is 1. The third kappa shape index (κ3) is 5.11. The molecule has 1 amide bonds. The van der Waals surface area contributed by atoms with Crippen LogP contribution in [0.15, 0.2) is 24.3 Å². The van der Waals surface area contributed by atoms with Crippen molar-refractivity contribution in [2.75, 3.05) is 11.9 Å². The molecular formula is C16H23N3O3. The second kappa shape index (κ2) is 8.48. The summed E-state index contributed by atoms with van der Waals surface area (Å²) >= 11 is 0. The molecule has 6 heteroatoms. The van der Waals surface area contributed by atoms with Crippen LogP contribution in [0, 0.1) is 10.1 Å². The van der Waals surface area contributed by atoms with Gasteiger partial charge in [0.25, 0.3) is 5.69 Å². The van der Waals surface area contributed by atoms with E-state index in [9.17, 15) is 14.9 Å². The van der Waals surface area contributed by atoms with Gasteiger partial charge in [-0.25, -0.2) is 0 Å². The molecule has 0 spiro atoms. The second-order valence-corrected chi connectivity index (χ2v) is 5.75. The minimum Gasteiger partial charge on any atom is -0.319 e. The van der Waals surface area contributed by atoms with Gasteiger partial charge in [-0.05, 0) is 18.9 Å². The van der Waals surface area contributed by atoms with E-state index in [-0.39, 0.29) is 23.8 Å². The molecule has 22 heavy (non-hydrogen) atoms. The van der Waals surface area contributed by atoms with Crippen molar-refractivity contribution in [1.82, 2.24) is 5.32 Å². The van der Waals surface area contributed by atoms with Gasteiger partial charge in [-0.2, -0.15) is 0 Å². The number of nitro benzene ring substituents is 1. The lowest BCUT2D eigenvalue weighted by Crippen LogP contribution is -2.36. The molecule has 0 aromatic heterocycles. The normalized spacial score (nSPS) is 16.5. The molecule has 2 N–H and O–H groups in total. The summed E-state index contributed by atoms with van der Waals surface area (Å²) in [4.78, 5) is 22.4. The highest BCUT2D eigenvalue weighted by Crippen LogP contribution is 2.23. The molecule has 0 heterocycles. The first-order chi connectivity index (χ1) is 10.7. The van der Waals surface area contributed by atoms with Crippen molar-refractivity contribution in [3.63, 3.8) is 0 Å². The number of nitrogens with one attached hydrogen (secondary N) is 2. The average Bonchev–Trinajstić information content (AvgIpc) is 2.46. The van der Waals surface area contributed by atoms with Gasteiger partial charge >= 0.3 is 0 Å². The van der Waals surface area contributed by atoms with Gasteiger partial charge in [0, 0.05) is 12.1 Å². The number of benzene rings is 1. The third-order valence-electron chi connectivity index (χ3n) is 4.03. The van der Waals surface area contributed by atoms with Crippen molar-refractivity contribution in [3.8, 4) is 0 Å². The van der Waals surface area contributed by atoms with Crippen molar-refractivity contribution < 1.29 is 9.72 Å². The highest BCUT2D eigenvalue weighted by Gasteiger charge is 2.16. The summed E-state index contributed by atoms with van der Waals surface area (Å²) in [6.07, 6.45) is 8.43. The fraction of sp³-hybridized carbons (Fsp3) is 0.562. The number of nitrogens with zero attached hydrogens (tertiary/aromatic N) is 1. The van der Waals surface area contributed by atoms with Gasteiger partial charge in [-0.15, -0.1) is 0 Å². The van der Waals surface area contributed by atoms with Gasteiger partial charge in [-0.3, -0.25) is 14.9 Å². The highest BCUT2D eigenvalue weighted by atomic mass is 16.6. The maximum Gasteiger partial charge on any atom is 0.292 e. The fourth-order valence-corrected chi connectivity index (χ4v) is 2.83. The quantitative estimate of drug-likeness (QED) is 0.646. The van der Waals surface area contributed by atoms with Crippen molar-refractivity contribution in [2.45, 2.75) is 51.0 Å². The molecule has 1 aromatic carbocycles. The first kappa shape index (κ1) is 16.4. The van der Waals surface area contributed by atoms with E-state index in [1.807, 2.05) is 0 Å². The van der Waals surface area contributed by atoms with Crippen LogP contribution in [-0.2, 0) is 4.79 Å². The van der Waals surface area contributed by atoms with Crippen LogP contribution in [0.4, 0.5) is 11.4 Å². The largest absolute Gasteiger partial charge is 0.319 e. The molecule has 0 bridgehead atoms. The number of hydrogen-bond donors (Lipinski definition) is 2. The summed E-state index contributed by atoms with van der Waals surface area (Å²) in [6.45, 7) is 0.191. The van der Waals surface area contributed by atoms with Crippen LogP contribution in [-0.4, -0.2) is 23.4 Å². The lowest BCUT2D eigenvalue weighted by Gasteiger charge is -2.20. The Labute approximate surface area is 130 Å². The van der Waals surface area contributed by atoms with Crippen LogP contribution < -0.4 is 10.6 Å². The first-order valence-electron chi connectivity index (χ1n) is 7.93. The molecule has 1 aliphatic carbocycles. The summed E-state index contributed by atoms with van der Waals surface area (Å²) in [5.74, 6) is -0.239. The van der Waals surface area contributed by atoms with Gasteiger partial charge in [-0.1, -0.05) is 44.2 Å². The van der Waals surface area contributed by atoms with E-state index >= 15 is 0 Å². The number of carbonyl (C=O) groups is 1. The fourth-order valence-electron chi connectivity index (χ4n) is 2.83. The molecule has 1 saturated carbocycles. The topological polar surface area (TPSA) is 84.3 Å². The lowest BCUT2D eigenvalue weighted by molar-refractivity contribution is -0.383. The zero-order chi connectivity index (χ0) is 15.8. The van der Waals surface area contributed by atoms with E-state index in [4.69, 9.17) is 0 Å². The molecule has 1 fully saturated rings. The Morgan fingerprint density at radius 1 is 1.14 bits per heavy atom. The Morgan fingerprint density at radius 3 is 2.45 bits per heavy atom. The van der Waals surface area contributed by atoms with E-state index in [1.165, 1.54) is 38.2 Å². The van der Waals surface area contributed by atoms with E-state index in [0.29, 0.717) is 6.04 Å². The molecule has 120 valence electrons. The standard InChI is InChI=1S/C16H23N3O3/c20-16(12-17-13-8-4-2-1-3-5-9-13)18-14-10-6-7-11-15(14)19(21)22/h6-7,10-11,13,17H,1-5,8-9,12H2,(H,18,20). The molecule has 1 aromatic rings. The van der Waals surface area contributed by atoms with E-state index in [0.717, 1.165) is 12.8 Å². The van der Waals surface area contributed by atoms with E-state index in [1.54, 1.807) is 18.2 Å². The summed E-state index contributed by atoms with van der Waals surface area (Å²) in [7, 11) is 0. The van der Waals surface area contributed by atoms with Crippen LogP contribution in [0.5, 0.6) is 0 Å². The lowest BCUT2D eigenvalue weighted by atomic mass is 9.97. The van der Waals surface area contributed by atoms with Gasteiger partial charge in [0.1, 0.15) is 5.69 Å². The molecule has 0 radical (unpaired) electrons. The summed E-state index contributed by atoms with van der Waals surface area (Å²) in [5.41, 5.74) is 0.166. The molecule has 2 rings (SSSR count). The number of rotatable bonds is 5. The molecule has 0 saturated heterocycles. The maximum absolute atomic E-state index is 12.0. The minimum absolute atomic E-state index is 0.0817. The van der Waals surface area contributed by atoms with Gasteiger partial charge in [0.2, 0.25) is 5.91 Å². The Bertz CT molecular complexity index is 511. The van der Waals surface area contributed by atoms with Crippen LogP contribution in [0.25, 0.3) is 0 Å². The summed E-state index contributed by atoms with van der Waals surface area (Å²) in [5, 5.41) is 16.8. The maximum atomic E-state index is 12.0. The monoisotopic (exact) mass is 305 g/mol. The van der Waals surface area contributed by atoms with Crippen molar-refractivity contribution in [2.24, 2.45) is 0 Å². The highest BCUT2D eigenvalue weighted by molar-refractivity contribution is 5.94. The number of para-hydroxylation sites is 2. The number of carbonyl (C=O) groups excluding carboxylic acids is 1. The number of nitro groups is 1.